The first-order valence-electron chi connectivity index (χ1n) is 5.20. The van der Waals surface area contributed by atoms with Crippen LogP contribution in [0.5, 0.6) is 0 Å². The Morgan fingerprint density at radius 3 is 2.72 bits per heavy atom. The molecule has 0 aliphatic carbocycles. The van der Waals surface area contributed by atoms with Crippen LogP contribution in [0.2, 0.25) is 0 Å². The molecule has 0 radical (unpaired) electrons. The van der Waals surface area contributed by atoms with Gasteiger partial charge in [0.05, 0.1) is 4.53 Å². The van der Waals surface area contributed by atoms with Gasteiger partial charge >= 0.3 is 0 Å². The van der Waals surface area contributed by atoms with Crippen LogP contribution in [0.25, 0.3) is 11.0 Å². The van der Waals surface area contributed by atoms with Gasteiger partial charge in [0.2, 0.25) is 4.96 Å². The summed E-state index contributed by atoms with van der Waals surface area (Å²) < 4.78 is 1.65. The highest BCUT2D eigenvalue weighted by molar-refractivity contribution is 7.15. The monoisotopic (exact) mass is 257 g/mol. The number of thiazole rings is 1. The van der Waals surface area contributed by atoms with Crippen molar-refractivity contribution in [2.75, 3.05) is 0 Å². The maximum absolute atomic E-state index is 12.0. The zero-order chi connectivity index (χ0) is 12.5. The fourth-order valence-corrected chi connectivity index (χ4v) is 2.49. The molecular formula is C12H7N3O2S. The zero-order valence-electron chi connectivity index (χ0n) is 9.11. The van der Waals surface area contributed by atoms with E-state index < -0.39 is 5.56 Å². The molecule has 18 heavy (non-hydrogen) atoms. The summed E-state index contributed by atoms with van der Waals surface area (Å²) >= 11 is 1.15. The molecule has 2 aromatic heterocycles. The smallest absolute Gasteiger partial charge is 0.266 e. The molecule has 1 aromatic carbocycles. The van der Waals surface area contributed by atoms with Crippen molar-refractivity contribution in [3.05, 3.63) is 67.3 Å². The van der Waals surface area contributed by atoms with E-state index in [1.807, 2.05) is 30.3 Å². The molecule has 0 saturated heterocycles. The van der Waals surface area contributed by atoms with Crippen LogP contribution in [0.3, 0.4) is 0 Å². The van der Waals surface area contributed by atoms with Crippen molar-refractivity contribution in [2.45, 2.75) is 0 Å². The lowest BCUT2D eigenvalue weighted by Crippen LogP contribution is -2.25. The Balaban J connectivity index is 2.31. The summed E-state index contributed by atoms with van der Waals surface area (Å²) in [4.78, 5) is 27.1. The Morgan fingerprint density at radius 2 is 1.94 bits per heavy atom. The first-order chi connectivity index (χ1) is 8.74. The SMILES string of the molecule is O=c1cnn2c(=O)/c(=C/c3ccccc3)sc2n1. The third-order valence-electron chi connectivity index (χ3n) is 2.37. The van der Waals surface area contributed by atoms with Crippen LogP contribution in [-0.4, -0.2) is 14.6 Å². The maximum atomic E-state index is 12.0. The molecule has 0 saturated carbocycles. The summed E-state index contributed by atoms with van der Waals surface area (Å²) in [5.41, 5.74) is 0.220. The highest BCUT2D eigenvalue weighted by Gasteiger charge is 2.04. The van der Waals surface area contributed by atoms with Crippen LogP contribution in [0.4, 0.5) is 0 Å². The van der Waals surface area contributed by atoms with Crippen molar-refractivity contribution >= 4 is 22.4 Å². The van der Waals surface area contributed by atoms with Gasteiger partial charge in [-0.2, -0.15) is 14.6 Å². The molecule has 0 fully saturated rings. The lowest BCUT2D eigenvalue weighted by molar-refractivity contribution is 0.866. The molecule has 0 aliphatic rings. The molecule has 0 amide bonds. The van der Waals surface area contributed by atoms with Crippen molar-refractivity contribution in [1.29, 1.82) is 0 Å². The minimum atomic E-state index is -0.442. The van der Waals surface area contributed by atoms with Gasteiger partial charge in [0.15, 0.2) is 0 Å². The van der Waals surface area contributed by atoms with E-state index in [2.05, 4.69) is 10.1 Å². The average Bonchev–Trinajstić information content (AvgIpc) is 2.67. The number of benzene rings is 1. The molecule has 0 spiro atoms. The molecule has 2 heterocycles. The van der Waals surface area contributed by atoms with Crippen LogP contribution >= 0.6 is 11.3 Å². The van der Waals surface area contributed by atoms with Crippen molar-refractivity contribution in [3.63, 3.8) is 0 Å². The summed E-state index contributed by atoms with van der Waals surface area (Å²) in [6.07, 6.45) is 2.79. The molecule has 3 rings (SSSR count). The zero-order valence-corrected chi connectivity index (χ0v) is 9.92. The molecule has 6 heteroatoms. The number of aromatic nitrogens is 3. The van der Waals surface area contributed by atoms with Crippen molar-refractivity contribution in [3.8, 4) is 0 Å². The third-order valence-corrected chi connectivity index (χ3v) is 3.33. The van der Waals surface area contributed by atoms with Crippen LogP contribution in [0.15, 0.2) is 46.1 Å². The number of hydrogen-bond donors (Lipinski definition) is 0. The van der Waals surface area contributed by atoms with Gasteiger partial charge in [-0.15, -0.1) is 0 Å². The topological polar surface area (TPSA) is 64.3 Å². The van der Waals surface area contributed by atoms with Gasteiger partial charge in [-0.1, -0.05) is 41.7 Å². The largest absolute Gasteiger partial charge is 0.292 e. The van der Waals surface area contributed by atoms with Gasteiger partial charge in [0.1, 0.15) is 6.20 Å². The Labute approximate surface area is 105 Å². The summed E-state index contributed by atoms with van der Waals surface area (Å²) in [7, 11) is 0. The first kappa shape index (κ1) is 10.8. The highest BCUT2D eigenvalue weighted by Crippen LogP contribution is 2.00. The van der Waals surface area contributed by atoms with E-state index in [1.54, 1.807) is 6.08 Å². The molecule has 3 aromatic rings. The van der Waals surface area contributed by atoms with Gasteiger partial charge in [-0.25, -0.2) is 0 Å². The lowest BCUT2D eigenvalue weighted by Gasteiger charge is -1.87. The third kappa shape index (κ3) is 1.82. The van der Waals surface area contributed by atoms with Crippen molar-refractivity contribution in [2.24, 2.45) is 0 Å². The Hall–Kier alpha value is -2.34. The summed E-state index contributed by atoms with van der Waals surface area (Å²) in [6, 6.07) is 9.48. The highest BCUT2D eigenvalue weighted by atomic mass is 32.1. The Kier molecular flexibility index (Phi) is 2.49. The molecule has 0 atom stereocenters. The van der Waals surface area contributed by atoms with Crippen molar-refractivity contribution < 1.29 is 0 Å². The average molecular weight is 257 g/mol. The molecule has 0 N–H and O–H groups in total. The summed E-state index contributed by atoms with van der Waals surface area (Å²) in [5, 5.41) is 3.76. The van der Waals surface area contributed by atoms with Gasteiger partial charge in [-0.3, -0.25) is 9.59 Å². The van der Waals surface area contributed by atoms with Crippen molar-refractivity contribution in [1.82, 2.24) is 14.6 Å². The van der Waals surface area contributed by atoms with Gasteiger partial charge < -0.3 is 0 Å². The van der Waals surface area contributed by atoms with Crippen LogP contribution in [0.1, 0.15) is 5.56 Å². The fraction of sp³-hybridized carbons (Fsp3) is 0. The van der Waals surface area contributed by atoms with Crippen LogP contribution in [-0.2, 0) is 0 Å². The molecule has 5 nitrogen and oxygen atoms in total. The van der Waals surface area contributed by atoms with E-state index in [4.69, 9.17) is 0 Å². The first-order valence-corrected chi connectivity index (χ1v) is 6.01. The van der Waals surface area contributed by atoms with E-state index >= 15 is 0 Å². The molecule has 88 valence electrons. The second-order valence-corrected chi connectivity index (χ2v) is 4.62. The predicted octanol–water partition coefficient (Wildman–Crippen LogP) is 0.0589. The summed E-state index contributed by atoms with van der Waals surface area (Å²) in [5.74, 6) is 0. The minimum Gasteiger partial charge on any atom is -0.266 e. The van der Waals surface area contributed by atoms with E-state index in [0.717, 1.165) is 27.6 Å². The quantitative estimate of drug-likeness (QED) is 0.618. The number of hydrogen-bond acceptors (Lipinski definition) is 5. The van der Waals surface area contributed by atoms with Gasteiger partial charge in [-0.05, 0) is 11.6 Å². The van der Waals surface area contributed by atoms with E-state index in [-0.39, 0.29) is 5.56 Å². The molecular weight excluding hydrogens is 250 g/mol. The van der Waals surface area contributed by atoms with Gasteiger partial charge in [0.25, 0.3) is 11.1 Å². The Morgan fingerprint density at radius 1 is 1.17 bits per heavy atom. The number of nitrogens with zero attached hydrogens (tertiary/aromatic N) is 3. The molecule has 0 aliphatic heterocycles. The van der Waals surface area contributed by atoms with Crippen LogP contribution < -0.4 is 15.7 Å². The molecule has 0 unspecified atom stereocenters. The Bertz CT molecular complexity index is 868. The lowest BCUT2D eigenvalue weighted by atomic mass is 10.2. The number of fused-ring (bicyclic) bond motifs is 1. The van der Waals surface area contributed by atoms with E-state index in [1.165, 1.54) is 0 Å². The predicted molar refractivity (Wildman–Crippen MR) is 68.6 cm³/mol. The summed E-state index contributed by atoms with van der Waals surface area (Å²) in [6.45, 7) is 0. The second kappa shape index (κ2) is 4.15. The normalized spacial score (nSPS) is 12.1. The van der Waals surface area contributed by atoms with Crippen LogP contribution in [0, 0.1) is 0 Å². The number of rotatable bonds is 1. The fourth-order valence-electron chi connectivity index (χ4n) is 1.57. The second-order valence-electron chi connectivity index (χ2n) is 3.62. The van der Waals surface area contributed by atoms with Gasteiger partial charge in [0, 0.05) is 0 Å². The van der Waals surface area contributed by atoms with E-state index in [0.29, 0.717) is 9.49 Å². The standard InChI is InChI=1S/C12H7N3O2S/c16-10-7-13-15-11(17)9(18-12(15)14-10)6-8-4-2-1-3-5-8/h1-7H/b9-6-. The molecule has 0 bridgehead atoms. The minimum absolute atomic E-state index is 0.258. The van der Waals surface area contributed by atoms with E-state index in [9.17, 15) is 9.59 Å². The maximum Gasteiger partial charge on any atom is 0.292 e.